The quantitative estimate of drug-likeness (QED) is 0.354. The van der Waals surface area contributed by atoms with E-state index in [2.05, 4.69) is 20.9 Å². The van der Waals surface area contributed by atoms with Crippen LogP contribution < -0.4 is 14.5 Å². The third-order valence-electron chi connectivity index (χ3n) is 7.23. The first-order valence-electron chi connectivity index (χ1n) is 12.9. The highest BCUT2D eigenvalue weighted by molar-refractivity contribution is 6.06. The Labute approximate surface area is 231 Å². The molecule has 0 spiro atoms. The molecule has 2 aliphatic rings. The topological polar surface area (TPSA) is 114 Å². The number of carboxylic acid groups (broad SMARTS) is 1. The van der Waals surface area contributed by atoms with Crippen LogP contribution in [0, 0.1) is 12.3 Å². The Morgan fingerprint density at radius 3 is 2.78 bits per heavy atom. The first-order valence-corrected chi connectivity index (χ1v) is 12.9. The summed E-state index contributed by atoms with van der Waals surface area (Å²) in [6.07, 6.45) is 1.41. The fourth-order valence-electron chi connectivity index (χ4n) is 5.31. The summed E-state index contributed by atoms with van der Waals surface area (Å²) in [5, 5.41) is 10.4. The van der Waals surface area contributed by atoms with Gasteiger partial charge in [0.15, 0.2) is 11.4 Å². The second kappa shape index (κ2) is 10.1. The van der Waals surface area contributed by atoms with Gasteiger partial charge in [0.25, 0.3) is 0 Å². The maximum absolute atomic E-state index is 13.9. The van der Waals surface area contributed by atoms with Crippen LogP contribution in [0.5, 0.6) is 5.88 Å². The van der Waals surface area contributed by atoms with Crippen molar-refractivity contribution in [1.82, 2.24) is 15.0 Å². The maximum atomic E-state index is 13.9. The Kier molecular flexibility index (Phi) is 6.57. The van der Waals surface area contributed by atoms with Gasteiger partial charge in [-0.25, -0.2) is 19.7 Å². The van der Waals surface area contributed by atoms with E-state index in [1.807, 2.05) is 11.8 Å². The van der Waals surface area contributed by atoms with Crippen molar-refractivity contribution in [2.75, 3.05) is 36.1 Å². The number of carboxylic acids is 1. The highest BCUT2D eigenvalue weighted by Gasteiger charge is 2.43. The Balaban J connectivity index is 1.40. The SMILES string of the molecule is C#Cc1cnc(O[C@H]2C[C@@H](C(=O)O)N(c3nc(C(F)(F)F)nc4c3oc3ccccc34)C2)c(N2CCOC[C@@H]2C)c1. The van der Waals surface area contributed by atoms with Crippen molar-refractivity contribution in [2.45, 2.75) is 37.7 Å². The minimum atomic E-state index is -4.87. The number of para-hydroxylation sites is 1. The van der Waals surface area contributed by atoms with E-state index < -0.39 is 30.1 Å². The summed E-state index contributed by atoms with van der Waals surface area (Å²) in [4.78, 5) is 27.6. The number of terminal acetylenes is 1. The van der Waals surface area contributed by atoms with Crippen LogP contribution >= 0.6 is 0 Å². The van der Waals surface area contributed by atoms with Gasteiger partial charge >= 0.3 is 12.1 Å². The molecule has 5 heterocycles. The highest BCUT2D eigenvalue weighted by Crippen LogP contribution is 2.40. The molecule has 3 aromatic heterocycles. The van der Waals surface area contributed by atoms with Crippen LogP contribution in [-0.2, 0) is 15.7 Å². The van der Waals surface area contributed by atoms with Crippen molar-refractivity contribution in [1.29, 1.82) is 0 Å². The lowest BCUT2D eigenvalue weighted by Crippen LogP contribution is -2.44. The van der Waals surface area contributed by atoms with Crippen molar-refractivity contribution in [2.24, 2.45) is 0 Å². The molecule has 6 rings (SSSR count). The molecule has 0 amide bonds. The fraction of sp³-hybridized carbons (Fsp3) is 0.357. The fourth-order valence-corrected chi connectivity index (χ4v) is 5.31. The van der Waals surface area contributed by atoms with E-state index in [4.69, 9.17) is 20.3 Å². The van der Waals surface area contributed by atoms with Crippen molar-refractivity contribution in [3.05, 3.63) is 47.9 Å². The number of carbonyl (C=O) groups is 1. The number of aliphatic carboxylic acids is 1. The number of furan rings is 1. The smallest absolute Gasteiger partial charge is 0.451 e. The Bertz CT molecular complexity index is 1680. The number of anilines is 2. The molecular formula is C28H24F3N5O5. The summed E-state index contributed by atoms with van der Waals surface area (Å²) in [5.74, 6) is -0.110. The summed E-state index contributed by atoms with van der Waals surface area (Å²) < 4.78 is 59.3. The number of alkyl halides is 3. The van der Waals surface area contributed by atoms with Crippen LogP contribution in [0.3, 0.4) is 0 Å². The van der Waals surface area contributed by atoms with Gasteiger partial charge in [-0.1, -0.05) is 18.1 Å². The molecule has 1 aromatic carbocycles. The minimum absolute atomic E-state index is 0.00375. The first-order chi connectivity index (χ1) is 19.6. The number of morpholine rings is 1. The molecule has 0 aliphatic carbocycles. The molecule has 0 saturated carbocycles. The second-order valence-corrected chi connectivity index (χ2v) is 9.94. The lowest BCUT2D eigenvalue weighted by molar-refractivity contribution is -0.144. The number of nitrogens with zero attached hydrogens (tertiary/aromatic N) is 5. The minimum Gasteiger partial charge on any atom is -0.480 e. The van der Waals surface area contributed by atoms with Gasteiger partial charge in [-0.2, -0.15) is 13.2 Å². The molecular weight excluding hydrogens is 543 g/mol. The number of fused-ring (bicyclic) bond motifs is 3. The Morgan fingerprint density at radius 2 is 2.05 bits per heavy atom. The van der Waals surface area contributed by atoms with Crippen molar-refractivity contribution in [3.63, 3.8) is 0 Å². The van der Waals surface area contributed by atoms with Gasteiger partial charge in [-0.05, 0) is 25.1 Å². The summed E-state index contributed by atoms with van der Waals surface area (Å²) >= 11 is 0. The standard InChI is InChI=1S/C28H24F3N5O5/c1-3-16-10-19(35-8-9-39-14-15(35)2)25(32-12-16)40-17-11-20(26(37)38)36(13-17)24-23-22(33-27(34-24)28(29,30)31)18-6-4-5-7-21(18)41-23/h1,4-7,10,12,15,17,20H,8-9,11,13-14H2,2H3,(H,37,38)/t15-,17-,20-/m0/s1. The zero-order chi connectivity index (χ0) is 28.9. The van der Waals surface area contributed by atoms with Gasteiger partial charge in [-0.3, -0.25) is 0 Å². The van der Waals surface area contributed by atoms with Crippen molar-refractivity contribution in [3.8, 4) is 18.2 Å². The molecule has 41 heavy (non-hydrogen) atoms. The lowest BCUT2D eigenvalue weighted by Gasteiger charge is -2.36. The number of benzene rings is 1. The molecule has 0 bridgehead atoms. The second-order valence-electron chi connectivity index (χ2n) is 9.94. The average Bonchev–Trinajstić information content (AvgIpc) is 3.54. The van der Waals surface area contributed by atoms with Crippen LogP contribution in [0.2, 0.25) is 0 Å². The van der Waals surface area contributed by atoms with E-state index in [1.165, 1.54) is 11.1 Å². The molecule has 2 aliphatic heterocycles. The normalized spacial score (nSPS) is 21.4. The molecule has 13 heteroatoms. The zero-order valence-electron chi connectivity index (χ0n) is 21.8. The van der Waals surface area contributed by atoms with E-state index in [0.717, 1.165) is 0 Å². The number of aromatic nitrogens is 3. The summed E-state index contributed by atoms with van der Waals surface area (Å²) in [5.41, 5.74) is 1.38. The van der Waals surface area contributed by atoms with Crippen LogP contribution in [0.15, 0.2) is 40.9 Å². The number of halogens is 3. The number of ether oxygens (including phenoxy) is 2. The molecule has 2 fully saturated rings. The predicted molar refractivity (Wildman–Crippen MR) is 142 cm³/mol. The summed E-state index contributed by atoms with van der Waals surface area (Å²) in [7, 11) is 0. The van der Waals surface area contributed by atoms with Gasteiger partial charge in [0.05, 0.1) is 19.8 Å². The average molecular weight is 568 g/mol. The number of rotatable bonds is 5. The Hall–Kier alpha value is -4.57. The van der Waals surface area contributed by atoms with Crippen molar-refractivity contribution >= 4 is 39.5 Å². The predicted octanol–water partition coefficient (Wildman–Crippen LogP) is 4.11. The Morgan fingerprint density at radius 1 is 1.24 bits per heavy atom. The number of hydrogen-bond donors (Lipinski definition) is 1. The highest BCUT2D eigenvalue weighted by atomic mass is 19.4. The third kappa shape index (κ3) is 4.84. The van der Waals surface area contributed by atoms with Gasteiger partial charge in [-0.15, -0.1) is 6.42 Å². The summed E-state index contributed by atoms with van der Waals surface area (Å²) in [6, 6.07) is 7.02. The largest absolute Gasteiger partial charge is 0.480 e. The molecule has 3 atom stereocenters. The van der Waals surface area contributed by atoms with E-state index >= 15 is 0 Å². The van der Waals surface area contributed by atoms with Crippen LogP contribution in [0.4, 0.5) is 24.7 Å². The molecule has 4 aromatic rings. The monoisotopic (exact) mass is 567 g/mol. The lowest BCUT2D eigenvalue weighted by atomic mass is 10.2. The van der Waals surface area contributed by atoms with E-state index in [-0.39, 0.29) is 41.8 Å². The van der Waals surface area contributed by atoms with Gasteiger partial charge in [0.2, 0.25) is 11.7 Å². The third-order valence-corrected chi connectivity index (χ3v) is 7.23. The van der Waals surface area contributed by atoms with Crippen LogP contribution in [-0.4, -0.2) is 70.5 Å². The summed E-state index contributed by atoms with van der Waals surface area (Å²) in [6.45, 7) is 3.43. The molecule has 212 valence electrons. The van der Waals surface area contributed by atoms with Crippen LogP contribution in [0.25, 0.3) is 22.1 Å². The van der Waals surface area contributed by atoms with E-state index in [9.17, 15) is 23.1 Å². The molecule has 10 nitrogen and oxygen atoms in total. The molecule has 0 radical (unpaired) electrons. The molecule has 0 unspecified atom stereocenters. The maximum Gasteiger partial charge on any atom is 0.451 e. The number of hydrogen-bond acceptors (Lipinski definition) is 9. The van der Waals surface area contributed by atoms with Gasteiger partial charge < -0.3 is 28.8 Å². The molecule has 2 saturated heterocycles. The van der Waals surface area contributed by atoms with E-state index in [0.29, 0.717) is 42.0 Å². The van der Waals surface area contributed by atoms with Gasteiger partial charge in [0.1, 0.15) is 28.9 Å². The van der Waals surface area contributed by atoms with Crippen LogP contribution in [0.1, 0.15) is 24.7 Å². The zero-order valence-corrected chi connectivity index (χ0v) is 21.8. The number of pyridine rings is 1. The van der Waals surface area contributed by atoms with E-state index in [1.54, 1.807) is 30.3 Å². The first kappa shape index (κ1) is 26.6. The van der Waals surface area contributed by atoms with Gasteiger partial charge in [0, 0.05) is 36.2 Å². The molecule has 1 N–H and O–H groups in total. The van der Waals surface area contributed by atoms with Crippen molar-refractivity contribution < 1.29 is 37.0 Å².